The van der Waals surface area contributed by atoms with Crippen LogP contribution in [-0.2, 0) is 4.52 Å². The second kappa shape index (κ2) is 7.44. The molecule has 142 valence electrons. The van der Waals surface area contributed by atoms with E-state index in [9.17, 15) is 4.89 Å². The molecule has 3 rings (SSSR count). The Morgan fingerprint density at radius 1 is 0.704 bits per heavy atom. The van der Waals surface area contributed by atoms with E-state index in [1.54, 1.807) is 0 Å². The molecule has 0 aliphatic carbocycles. The van der Waals surface area contributed by atoms with Crippen LogP contribution in [0.1, 0.15) is 23.6 Å². The predicted octanol–water partition coefficient (Wildman–Crippen LogP) is 4.97. The molecule has 0 fully saturated rings. The summed E-state index contributed by atoms with van der Waals surface area (Å²) in [6.07, 6.45) is 0. The number of benzene rings is 3. The Morgan fingerprint density at radius 3 is 1.59 bits per heavy atom. The molecule has 0 saturated carbocycles. The van der Waals surface area contributed by atoms with Crippen LogP contribution < -0.4 is 15.1 Å². The Labute approximate surface area is 161 Å². The van der Waals surface area contributed by atoms with Gasteiger partial charge >= 0.3 is 161 Å². The fourth-order valence-electron chi connectivity index (χ4n) is 3.49. The predicted molar refractivity (Wildman–Crippen MR) is 114 cm³/mol. The number of para-hydroxylation sites is 1. The van der Waals surface area contributed by atoms with Crippen LogP contribution in [0.5, 0.6) is 5.75 Å². The van der Waals surface area contributed by atoms with E-state index in [4.69, 9.17) is 9.05 Å². The van der Waals surface area contributed by atoms with Gasteiger partial charge in [-0.3, -0.25) is 0 Å². The Kier molecular flexibility index (Phi) is 5.39. The molecule has 0 aliphatic rings. The maximum atomic E-state index is 12.5. The molecule has 0 heterocycles. The van der Waals surface area contributed by atoms with Crippen LogP contribution in [0, 0.1) is 20.8 Å². The molecule has 27 heavy (non-hydrogen) atoms. The first-order valence-electron chi connectivity index (χ1n) is 9.19. The van der Waals surface area contributed by atoms with Crippen molar-refractivity contribution >= 4 is 17.9 Å². The van der Waals surface area contributed by atoms with E-state index in [0.29, 0.717) is 23.0 Å². The van der Waals surface area contributed by atoms with Crippen LogP contribution >= 0.6 is 7.28 Å². The molecule has 0 spiro atoms. The Balaban J connectivity index is 2.39. The van der Waals surface area contributed by atoms with Gasteiger partial charge in [0.15, 0.2) is 0 Å². The summed E-state index contributed by atoms with van der Waals surface area (Å²) in [6, 6.07) is 23.2. The molecule has 0 bridgehead atoms. The number of aryl methyl sites for hydroxylation is 3. The zero-order valence-corrected chi connectivity index (χ0v) is 17.2. The van der Waals surface area contributed by atoms with Gasteiger partial charge in [0.1, 0.15) is 0 Å². The van der Waals surface area contributed by atoms with Gasteiger partial charge in [0.2, 0.25) is 0 Å². The van der Waals surface area contributed by atoms with Gasteiger partial charge in [-0.15, -0.1) is 0 Å². The summed E-state index contributed by atoms with van der Waals surface area (Å²) in [6.45, 7) is 8.13. The van der Waals surface area contributed by atoms with E-state index < -0.39 is 7.28 Å². The second-order valence-corrected chi connectivity index (χ2v) is 10.00. The van der Waals surface area contributed by atoms with Crippen molar-refractivity contribution in [3.05, 3.63) is 89.5 Å². The van der Waals surface area contributed by atoms with Crippen LogP contribution in [0.4, 0.5) is 0 Å². The maximum absolute atomic E-state index is 12.5. The summed E-state index contributed by atoms with van der Waals surface area (Å²) in [5.74, 6) is 0.623. The third kappa shape index (κ3) is 3.39. The summed E-state index contributed by atoms with van der Waals surface area (Å²) < 4.78 is 12.8. The molecular formula is C23H27O3P. The topological polar surface area (TPSA) is 38.7 Å². The van der Waals surface area contributed by atoms with E-state index in [-0.39, 0.29) is 0 Å². The van der Waals surface area contributed by atoms with Gasteiger partial charge in [-0.25, -0.2) is 0 Å². The molecule has 0 aromatic heterocycles. The van der Waals surface area contributed by atoms with Crippen molar-refractivity contribution < 1.29 is 13.9 Å². The molecular weight excluding hydrogens is 355 g/mol. The van der Waals surface area contributed by atoms with Crippen molar-refractivity contribution in [2.75, 3.05) is 6.61 Å². The minimum atomic E-state index is -4.42. The van der Waals surface area contributed by atoms with Gasteiger partial charge in [0.25, 0.3) is 0 Å². The third-order valence-corrected chi connectivity index (χ3v) is 8.79. The van der Waals surface area contributed by atoms with Gasteiger partial charge in [-0.2, -0.15) is 0 Å². The fraction of sp³-hybridized carbons (Fsp3) is 0.217. The molecule has 3 aromatic carbocycles. The van der Waals surface area contributed by atoms with Gasteiger partial charge in [-0.1, -0.05) is 0 Å². The van der Waals surface area contributed by atoms with Crippen molar-refractivity contribution in [1.29, 1.82) is 0 Å². The minimum absolute atomic E-state index is 0.322. The van der Waals surface area contributed by atoms with E-state index in [2.05, 4.69) is 0 Å². The number of hydrogen-bond donors (Lipinski definition) is 1. The van der Waals surface area contributed by atoms with Crippen molar-refractivity contribution in [2.24, 2.45) is 0 Å². The van der Waals surface area contributed by atoms with Crippen molar-refractivity contribution in [3.8, 4) is 5.75 Å². The molecule has 4 heteroatoms. The number of hydrogen-bond acceptors (Lipinski definition) is 3. The standard InChI is InChI=1S/C23H27O3P/c1-5-25-27(24,22-16-10-7-13-19(22)3,23-17-11-8-14-20(23)4)26-21-15-9-6-12-18(21)2/h6-17,24H,5H2,1-4H3. The summed E-state index contributed by atoms with van der Waals surface area (Å²) in [7, 11) is -4.42. The van der Waals surface area contributed by atoms with Crippen molar-refractivity contribution in [2.45, 2.75) is 27.7 Å². The first-order chi connectivity index (χ1) is 12.9. The molecule has 0 amide bonds. The zero-order valence-electron chi connectivity index (χ0n) is 16.3. The van der Waals surface area contributed by atoms with E-state index in [0.717, 1.165) is 16.7 Å². The SMILES string of the molecule is CCOP(O)(Oc1ccccc1C)(c1ccccc1C)c1ccccc1C. The average Bonchev–Trinajstić information content (AvgIpc) is 2.65. The Hall–Kier alpha value is -2.19. The average molecular weight is 382 g/mol. The molecule has 3 aromatic rings. The van der Waals surface area contributed by atoms with Crippen LogP contribution in [-0.4, -0.2) is 11.5 Å². The summed E-state index contributed by atoms with van der Waals surface area (Å²) in [4.78, 5) is 12.5. The first-order valence-corrected chi connectivity index (χ1v) is 11.2. The molecule has 3 nitrogen and oxygen atoms in total. The summed E-state index contributed by atoms with van der Waals surface area (Å²) in [5.41, 5.74) is 2.81. The quantitative estimate of drug-likeness (QED) is 0.612. The van der Waals surface area contributed by atoms with E-state index in [1.165, 1.54) is 0 Å². The Bertz CT molecular complexity index is 906. The van der Waals surface area contributed by atoms with Gasteiger partial charge < -0.3 is 0 Å². The van der Waals surface area contributed by atoms with Crippen LogP contribution in [0.25, 0.3) is 0 Å². The van der Waals surface area contributed by atoms with Crippen LogP contribution in [0.2, 0.25) is 0 Å². The molecule has 0 saturated heterocycles. The Morgan fingerprint density at radius 2 is 1.15 bits per heavy atom. The normalized spacial score (nSPS) is 13.0. The van der Waals surface area contributed by atoms with Gasteiger partial charge in [0.05, 0.1) is 0 Å². The monoisotopic (exact) mass is 382 g/mol. The summed E-state index contributed by atoms with van der Waals surface area (Å²) >= 11 is 0. The molecule has 1 N–H and O–H groups in total. The van der Waals surface area contributed by atoms with Gasteiger partial charge in [-0.05, 0) is 0 Å². The van der Waals surface area contributed by atoms with Crippen molar-refractivity contribution in [1.82, 2.24) is 0 Å². The third-order valence-electron chi connectivity index (χ3n) is 4.81. The number of rotatable bonds is 6. The van der Waals surface area contributed by atoms with E-state index >= 15 is 0 Å². The van der Waals surface area contributed by atoms with Crippen molar-refractivity contribution in [3.63, 3.8) is 0 Å². The fourth-order valence-corrected chi connectivity index (χ4v) is 7.41. The van der Waals surface area contributed by atoms with Crippen LogP contribution in [0.3, 0.4) is 0 Å². The first kappa shape index (κ1) is 19.6. The molecule has 0 atom stereocenters. The summed E-state index contributed by atoms with van der Waals surface area (Å²) in [5, 5.41) is 1.39. The zero-order chi connectivity index (χ0) is 19.5. The van der Waals surface area contributed by atoms with Gasteiger partial charge in [0, 0.05) is 0 Å². The molecule has 0 aliphatic heterocycles. The second-order valence-electron chi connectivity index (χ2n) is 6.76. The molecule has 0 radical (unpaired) electrons. The van der Waals surface area contributed by atoms with E-state index in [1.807, 2.05) is 100 Å². The molecule has 0 unspecified atom stereocenters. The van der Waals surface area contributed by atoms with Crippen LogP contribution in [0.15, 0.2) is 72.8 Å².